The van der Waals surface area contributed by atoms with Crippen molar-refractivity contribution in [2.45, 2.75) is 26.4 Å². The minimum Gasteiger partial charge on any atom is -0.383 e. The molecule has 2 aromatic carbocycles. The van der Waals surface area contributed by atoms with E-state index in [2.05, 4.69) is 5.32 Å². The lowest BCUT2D eigenvalue weighted by atomic mass is 10.2. The first-order valence-electron chi connectivity index (χ1n) is 7.96. The summed E-state index contributed by atoms with van der Waals surface area (Å²) in [6.07, 6.45) is 0.960. The number of halogens is 1. The lowest BCUT2D eigenvalue weighted by molar-refractivity contribution is 0.193. The van der Waals surface area contributed by atoms with Crippen LogP contribution >= 0.6 is 0 Å². The van der Waals surface area contributed by atoms with Gasteiger partial charge in [-0.25, -0.2) is 9.18 Å². The Labute approximate surface area is 152 Å². The first-order chi connectivity index (χ1) is 12.2. The number of benzene rings is 2. The number of urea groups is 1. The van der Waals surface area contributed by atoms with Crippen LogP contribution in [0.4, 0.5) is 14.9 Å². The summed E-state index contributed by atoms with van der Waals surface area (Å²) in [7, 11) is -3.64. The van der Waals surface area contributed by atoms with Crippen LogP contribution in [0, 0.1) is 5.82 Å². The molecule has 0 bridgehead atoms. The van der Waals surface area contributed by atoms with E-state index >= 15 is 0 Å². The van der Waals surface area contributed by atoms with E-state index in [1.807, 2.05) is 13.8 Å². The summed E-state index contributed by atoms with van der Waals surface area (Å²) in [5, 5.41) is 2.55. The number of para-hydroxylation sites is 1. The average molecular weight is 380 g/mol. The van der Waals surface area contributed by atoms with Crippen LogP contribution in [0.15, 0.2) is 48.5 Å². The lowest BCUT2D eigenvalue weighted by Gasteiger charge is -2.27. The van der Waals surface area contributed by atoms with Crippen LogP contribution in [0.3, 0.4) is 0 Å². The maximum atomic E-state index is 13.7. The highest BCUT2D eigenvalue weighted by Gasteiger charge is 2.19. The molecule has 6 nitrogen and oxygen atoms in total. The lowest BCUT2D eigenvalue weighted by Crippen LogP contribution is -2.39. The van der Waals surface area contributed by atoms with E-state index in [0.717, 1.165) is 6.26 Å². The Kier molecular flexibility index (Phi) is 6.20. The molecule has 0 heterocycles. The summed E-state index contributed by atoms with van der Waals surface area (Å²) in [6, 6.07) is 11.7. The van der Waals surface area contributed by atoms with Crippen molar-refractivity contribution in [1.82, 2.24) is 4.90 Å². The molecule has 0 atom stereocenters. The monoisotopic (exact) mass is 380 g/mol. The Hall–Kier alpha value is -2.61. The van der Waals surface area contributed by atoms with E-state index in [1.54, 1.807) is 30.3 Å². The van der Waals surface area contributed by atoms with Gasteiger partial charge in [-0.2, -0.15) is 8.42 Å². The molecular weight excluding hydrogens is 359 g/mol. The third kappa shape index (κ3) is 5.73. The quantitative estimate of drug-likeness (QED) is 0.777. The van der Waals surface area contributed by atoms with E-state index in [-0.39, 0.29) is 24.0 Å². The molecule has 0 spiro atoms. The summed E-state index contributed by atoms with van der Waals surface area (Å²) in [5.74, 6) is -0.351. The van der Waals surface area contributed by atoms with Gasteiger partial charge >= 0.3 is 16.1 Å². The standard InChI is InChI=1S/C18H21FN2O4S/c1-13(2)21(18(22)20-17-10-5-4-9-16(17)19)12-14-7-6-8-15(11-14)25-26(3,23)24/h4-11,13H,12H2,1-3H3,(H,20,22). The summed E-state index contributed by atoms with van der Waals surface area (Å²) in [6.45, 7) is 3.87. The molecule has 0 saturated carbocycles. The molecule has 2 aromatic rings. The zero-order chi connectivity index (χ0) is 19.3. The summed E-state index contributed by atoms with van der Waals surface area (Å²) >= 11 is 0. The third-order valence-corrected chi connectivity index (χ3v) is 3.99. The van der Waals surface area contributed by atoms with Crippen molar-refractivity contribution in [2.24, 2.45) is 0 Å². The number of anilines is 1. The number of carbonyl (C=O) groups excluding carboxylic acids is 1. The van der Waals surface area contributed by atoms with Gasteiger partial charge in [0.05, 0.1) is 11.9 Å². The van der Waals surface area contributed by atoms with Gasteiger partial charge in [0.15, 0.2) is 0 Å². The number of hydrogen-bond acceptors (Lipinski definition) is 4. The molecule has 140 valence electrons. The van der Waals surface area contributed by atoms with Crippen LogP contribution < -0.4 is 9.50 Å². The molecule has 0 aliphatic carbocycles. The molecule has 0 fully saturated rings. The maximum absolute atomic E-state index is 13.7. The average Bonchev–Trinajstić information content (AvgIpc) is 2.53. The third-order valence-electron chi connectivity index (χ3n) is 3.50. The molecule has 2 amide bonds. The molecule has 8 heteroatoms. The number of nitrogens with zero attached hydrogens (tertiary/aromatic N) is 1. The summed E-state index contributed by atoms with van der Waals surface area (Å²) in [5.41, 5.74) is 0.779. The first kappa shape index (κ1) is 19.7. The Morgan fingerprint density at radius 1 is 1.19 bits per heavy atom. The van der Waals surface area contributed by atoms with Crippen LogP contribution in [0.5, 0.6) is 5.75 Å². The molecule has 0 aliphatic rings. The van der Waals surface area contributed by atoms with Gasteiger partial charge in [0.2, 0.25) is 0 Å². The second kappa shape index (κ2) is 8.18. The van der Waals surface area contributed by atoms with E-state index in [4.69, 9.17) is 4.18 Å². The number of carbonyl (C=O) groups is 1. The molecule has 0 unspecified atom stereocenters. The molecule has 0 radical (unpaired) electrons. The Morgan fingerprint density at radius 3 is 2.50 bits per heavy atom. The number of nitrogens with one attached hydrogen (secondary N) is 1. The predicted octanol–water partition coefficient (Wildman–Crippen LogP) is 3.61. The van der Waals surface area contributed by atoms with Crippen molar-refractivity contribution in [3.63, 3.8) is 0 Å². The molecular formula is C18H21FN2O4S. The number of amides is 2. The molecule has 0 aromatic heterocycles. The minimum absolute atomic E-state index is 0.0947. The van der Waals surface area contributed by atoms with Crippen molar-refractivity contribution in [1.29, 1.82) is 0 Å². The molecule has 0 saturated heterocycles. The van der Waals surface area contributed by atoms with Gasteiger partial charge in [-0.15, -0.1) is 0 Å². The van der Waals surface area contributed by atoms with Gasteiger partial charge in [-0.1, -0.05) is 24.3 Å². The van der Waals surface area contributed by atoms with Gasteiger partial charge < -0.3 is 14.4 Å². The Balaban J connectivity index is 2.17. The smallest absolute Gasteiger partial charge is 0.322 e. The fourth-order valence-corrected chi connectivity index (χ4v) is 2.76. The van der Waals surface area contributed by atoms with Crippen LogP contribution in [0.1, 0.15) is 19.4 Å². The van der Waals surface area contributed by atoms with Crippen LogP contribution in [0.2, 0.25) is 0 Å². The zero-order valence-corrected chi connectivity index (χ0v) is 15.6. The van der Waals surface area contributed by atoms with Gasteiger partial charge in [0.1, 0.15) is 11.6 Å². The minimum atomic E-state index is -3.64. The number of rotatable bonds is 6. The van der Waals surface area contributed by atoms with Crippen LogP contribution in [-0.2, 0) is 16.7 Å². The highest BCUT2D eigenvalue weighted by atomic mass is 32.2. The second-order valence-corrected chi connectivity index (χ2v) is 7.64. The second-order valence-electron chi connectivity index (χ2n) is 6.07. The fourth-order valence-electron chi connectivity index (χ4n) is 2.31. The van der Waals surface area contributed by atoms with Crippen molar-refractivity contribution in [3.05, 3.63) is 59.9 Å². The summed E-state index contributed by atoms with van der Waals surface area (Å²) in [4.78, 5) is 14.1. The Morgan fingerprint density at radius 2 is 1.88 bits per heavy atom. The van der Waals surface area contributed by atoms with Crippen molar-refractivity contribution in [3.8, 4) is 5.75 Å². The maximum Gasteiger partial charge on any atom is 0.322 e. The topological polar surface area (TPSA) is 75.7 Å². The van der Waals surface area contributed by atoms with E-state index in [0.29, 0.717) is 5.56 Å². The van der Waals surface area contributed by atoms with E-state index in [1.165, 1.54) is 23.1 Å². The molecule has 0 aliphatic heterocycles. The Bertz CT molecular complexity index is 884. The zero-order valence-electron chi connectivity index (χ0n) is 14.8. The van der Waals surface area contributed by atoms with Crippen molar-refractivity contribution in [2.75, 3.05) is 11.6 Å². The van der Waals surface area contributed by atoms with Crippen LogP contribution in [0.25, 0.3) is 0 Å². The highest BCUT2D eigenvalue weighted by Crippen LogP contribution is 2.19. The fraction of sp³-hybridized carbons (Fsp3) is 0.278. The summed E-state index contributed by atoms with van der Waals surface area (Å²) < 4.78 is 41.1. The first-order valence-corrected chi connectivity index (χ1v) is 9.78. The van der Waals surface area contributed by atoms with Gasteiger partial charge in [0.25, 0.3) is 0 Å². The van der Waals surface area contributed by atoms with Crippen molar-refractivity contribution < 1.29 is 21.8 Å². The van der Waals surface area contributed by atoms with Crippen molar-refractivity contribution >= 4 is 21.8 Å². The van der Waals surface area contributed by atoms with Gasteiger partial charge in [-0.3, -0.25) is 0 Å². The van der Waals surface area contributed by atoms with E-state index in [9.17, 15) is 17.6 Å². The van der Waals surface area contributed by atoms with E-state index < -0.39 is 22.0 Å². The van der Waals surface area contributed by atoms with Gasteiger partial charge in [0, 0.05) is 12.6 Å². The SMILES string of the molecule is CC(C)N(Cc1cccc(OS(C)(=O)=O)c1)C(=O)Nc1ccccc1F. The van der Waals surface area contributed by atoms with Crippen LogP contribution in [-0.4, -0.2) is 31.6 Å². The molecule has 1 N–H and O–H groups in total. The molecule has 2 rings (SSSR count). The number of hydrogen-bond donors (Lipinski definition) is 1. The van der Waals surface area contributed by atoms with Gasteiger partial charge in [-0.05, 0) is 43.7 Å². The normalized spacial score (nSPS) is 11.3. The largest absolute Gasteiger partial charge is 0.383 e. The molecule has 26 heavy (non-hydrogen) atoms. The predicted molar refractivity (Wildman–Crippen MR) is 98.0 cm³/mol. The highest BCUT2D eigenvalue weighted by molar-refractivity contribution is 7.86.